The highest BCUT2D eigenvalue weighted by Crippen LogP contribution is 2.14. The summed E-state index contributed by atoms with van der Waals surface area (Å²) in [6.45, 7) is 2.09. The van der Waals surface area contributed by atoms with E-state index < -0.39 is 20.6 Å². The molecule has 0 heterocycles. The third-order valence-corrected chi connectivity index (χ3v) is 5.54. The maximum Gasteiger partial charge on any atom is 0.175 e. The monoisotopic (exact) mass is 303 g/mol. The first-order valence-electron chi connectivity index (χ1n) is 6.24. The predicted octanol–water partition coefficient (Wildman–Crippen LogP) is 1.59. The first-order chi connectivity index (χ1) is 8.88. The second-order valence-corrected chi connectivity index (χ2v) is 8.04. The number of rotatable bonds is 7. The van der Waals surface area contributed by atoms with Gasteiger partial charge in [-0.1, -0.05) is 13.3 Å². The van der Waals surface area contributed by atoms with Gasteiger partial charge < -0.3 is 5.32 Å². The molecule has 108 valence electrons. The van der Waals surface area contributed by atoms with E-state index >= 15 is 0 Å². The van der Waals surface area contributed by atoms with Gasteiger partial charge in [0.05, 0.1) is 15.7 Å². The highest BCUT2D eigenvalue weighted by molar-refractivity contribution is 7.90. The highest BCUT2D eigenvalue weighted by atomic mass is 32.2. The fourth-order valence-electron chi connectivity index (χ4n) is 1.78. The Hall–Kier alpha value is -0.720. The Labute approximate surface area is 118 Å². The summed E-state index contributed by atoms with van der Waals surface area (Å²) >= 11 is 0. The van der Waals surface area contributed by atoms with Crippen molar-refractivity contribution >= 4 is 20.6 Å². The number of nitrogens with one attached hydrogen (secondary N) is 1. The summed E-state index contributed by atoms with van der Waals surface area (Å²) in [5.74, 6) is 0.544. The molecule has 1 aromatic carbocycles. The maximum atomic E-state index is 12.2. The third-order valence-electron chi connectivity index (χ3n) is 2.91. The normalized spacial score (nSPS) is 15.1. The van der Waals surface area contributed by atoms with Crippen molar-refractivity contribution in [3.8, 4) is 0 Å². The molecule has 0 saturated carbocycles. The van der Waals surface area contributed by atoms with Gasteiger partial charge in [0.25, 0.3) is 0 Å². The van der Waals surface area contributed by atoms with Crippen LogP contribution < -0.4 is 5.32 Å². The molecule has 2 unspecified atom stereocenters. The van der Waals surface area contributed by atoms with E-state index in [-0.39, 0.29) is 10.9 Å². The van der Waals surface area contributed by atoms with E-state index in [4.69, 9.17) is 0 Å². The van der Waals surface area contributed by atoms with Crippen molar-refractivity contribution in [1.82, 2.24) is 5.32 Å². The summed E-state index contributed by atoms with van der Waals surface area (Å²) in [6, 6.07) is 6.50. The Morgan fingerprint density at radius 1 is 1.26 bits per heavy atom. The van der Waals surface area contributed by atoms with E-state index in [0.717, 1.165) is 19.1 Å². The molecule has 6 heteroatoms. The molecule has 0 bridgehead atoms. The van der Waals surface area contributed by atoms with Gasteiger partial charge in [0, 0.05) is 22.9 Å². The van der Waals surface area contributed by atoms with Gasteiger partial charge in [-0.2, -0.15) is 0 Å². The van der Waals surface area contributed by atoms with Crippen LogP contribution in [0.25, 0.3) is 0 Å². The minimum absolute atomic E-state index is 0.223. The van der Waals surface area contributed by atoms with Crippen molar-refractivity contribution in [2.24, 2.45) is 0 Å². The zero-order valence-corrected chi connectivity index (χ0v) is 13.2. The molecule has 0 radical (unpaired) electrons. The maximum absolute atomic E-state index is 12.2. The van der Waals surface area contributed by atoms with E-state index in [2.05, 4.69) is 12.2 Å². The molecule has 2 atom stereocenters. The number of sulfone groups is 1. The van der Waals surface area contributed by atoms with Crippen LogP contribution in [0.3, 0.4) is 0 Å². The molecule has 0 amide bonds. The largest absolute Gasteiger partial charge is 0.316 e. The first-order valence-corrected chi connectivity index (χ1v) is 9.45. The van der Waals surface area contributed by atoms with E-state index in [0.29, 0.717) is 10.6 Å². The minimum atomic E-state index is -3.19. The van der Waals surface area contributed by atoms with Crippen molar-refractivity contribution in [1.29, 1.82) is 0 Å². The molecular formula is C13H21NO3S2. The van der Waals surface area contributed by atoms with Crippen LogP contribution >= 0.6 is 0 Å². The highest BCUT2D eigenvalue weighted by Gasteiger charge is 2.13. The fraction of sp³-hybridized carbons (Fsp3) is 0.538. The van der Waals surface area contributed by atoms with Gasteiger partial charge in [-0.05, 0) is 37.7 Å². The van der Waals surface area contributed by atoms with E-state index in [9.17, 15) is 12.6 Å². The van der Waals surface area contributed by atoms with E-state index in [1.54, 1.807) is 12.1 Å². The number of hydrogen-bond donors (Lipinski definition) is 1. The Balaban J connectivity index is 2.78. The average molecular weight is 303 g/mol. The summed E-state index contributed by atoms with van der Waals surface area (Å²) in [4.78, 5) is 0.927. The lowest BCUT2D eigenvalue weighted by molar-refractivity contribution is 0.557. The van der Waals surface area contributed by atoms with Gasteiger partial charge in [0.2, 0.25) is 0 Å². The molecule has 1 aromatic rings. The molecule has 1 N–H and O–H groups in total. The van der Waals surface area contributed by atoms with E-state index in [1.165, 1.54) is 12.1 Å². The molecule has 0 spiro atoms. The third kappa shape index (κ3) is 5.04. The molecule has 1 rings (SSSR count). The summed E-state index contributed by atoms with van der Waals surface area (Å²) < 4.78 is 34.8. The van der Waals surface area contributed by atoms with Crippen LogP contribution in [0.2, 0.25) is 0 Å². The Morgan fingerprint density at radius 3 is 2.26 bits per heavy atom. The zero-order valence-electron chi connectivity index (χ0n) is 11.5. The van der Waals surface area contributed by atoms with Gasteiger partial charge in [-0.3, -0.25) is 4.21 Å². The second-order valence-electron chi connectivity index (χ2n) is 4.53. The van der Waals surface area contributed by atoms with Crippen LogP contribution in [-0.2, 0) is 20.6 Å². The Bertz CT molecular complexity index is 523. The zero-order chi connectivity index (χ0) is 14.5. The van der Waals surface area contributed by atoms with Gasteiger partial charge >= 0.3 is 0 Å². The quantitative estimate of drug-likeness (QED) is 0.831. The summed E-state index contributed by atoms with van der Waals surface area (Å²) in [5, 5.41) is 3.15. The summed E-state index contributed by atoms with van der Waals surface area (Å²) in [5.41, 5.74) is 0. The molecule has 4 nitrogen and oxygen atoms in total. The SMILES string of the molecule is CCCC(CS(=O)c1ccc(S(C)(=O)=O)cc1)NC. The van der Waals surface area contributed by atoms with Crippen LogP contribution in [0.5, 0.6) is 0 Å². The predicted molar refractivity (Wildman–Crippen MR) is 78.6 cm³/mol. The molecule has 0 aromatic heterocycles. The Kier molecular flexibility index (Phi) is 6.16. The fourth-order valence-corrected chi connectivity index (χ4v) is 3.74. The van der Waals surface area contributed by atoms with Gasteiger partial charge in [-0.25, -0.2) is 8.42 Å². The van der Waals surface area contributed by atoms with Crippen LogP contribution in [0, 0.1) is 0 Å². The van der Waals surface area contributed by atoms with Gasteiger partial charge in [0.1, 0.15) is 0 Å². The molecule has 0 aliphatic heterocycles. The van der Waals surface area contributed by atoms with Crippen LogP contribution in [0.1, 0.15) is 19.8 Å². The minimum Gasteiger partial charge on any atom is -0.316 e. The molecular weight excluding hydrogens is 282 g/mol. The number of hydrogen-bond acceptors (Lipinski definition) is 4. The standard InChI is InChI=1S/C13H21NO3S2/c1-4-5-11(14-2)10-18(15)12-6-8-13(9-7-12)19(3,16)17/h6-9,11,14H,4-5,10H2,1-3H3. The summed E-state index contributed by atoms with van der Waals surface area (Å²) in [7, 11) is -2.43. The molecule has 0 saturated heterocycles. The van der Waals surface area contributed by atoms with Crippen molar-refractivity contribution in [3.05, 3.63) is 24.3 Å². The smallest absolute Gasteiger partial charge is 0.175 e. The number of benzene rings is 1. The summed E-state index contributed by atoms with van der Waals surface area (Å²) in [6.07, 6.45) is 3.18. The van der Waals surface area contributed by atoms with Crippen molar-refractivity contribution in [3.63, 3.8) is 0 Å². The van der Waals surface area contributed by atoms with Crippen LogP contribution in [0.15, 0.2) is 34.1 Å². The average Bonchev–Trinajstić information content (AvgIpc) is 2.37. The first kappa shape index (κ1) is 16.3. The van der Waals surface area contributed by atoms with Crippen molar-refractivity contribution in [2.75, 3.05) is 19.1 Å². The topological polar surface area (TPSA) is 63.2 Å². The van der Waals surface area contributed by atoms with Crippen molar-refractivity contribution in [2.45, 2.75) is 35.6 Å². The van der Waals surface area contributed by atoms with Gasteiger partial charge in [0.15, 0.2) is 9.84 Å². The lowest BCUT2D eigenvalue weighted by atomic mass is 10.2. The lowest BCUT2D eigenvalue weighted by Gasteiger charge is -2.14. The lowest BCUT2D eigenvalue weighted by Crippen LogP contribution is -2.30. The second kappa shape index (κ2) is 7.17. The van der Waals surface area contributed by atoms with Crippen molar-refractivity contribution < 1.29 is 12.6 Å². The molecule has 0 aliphatic rings. The van der Waals surface area contributed by atoms with Crippen LogP contribution in [0.4, 0.5) is 0 Å². The van der Waals surface area contributed by atoms with Crippen LogP contribution in [-0.4, -0.2) is 37.7 Å². The van der Waals surface area contributed by atoms with E-state index in [1.807, 2.05) is 7.05 Å². The van der Waals surface area contributed by atoms with Gasteiger partial charge in [-0.15, -0.1) is 0 Å². The molecule has 0 aliphatic carbocycles. The molecule has 19 heavy (non-hydrogen) atoms. The molecule has 0 fully saturated rings. The Morgan fingerprint density at radius 2 is 1.84 bits per heavy atom.